The molecular formula is C8H14FNO2. The Balaban J connectivity index is 2.49. The number of carboxylic acids is 1. The standard InChI is InChI=1S/C8H14FNO2/c1-2-7(8(11)12)10-4-3-6(9)5-10/h6-7H,2-5H2,1H3,(H,11,12)/t6-,7-/m0/s1. The van der Waals surface area contributed by atoms with Gasteiger partial charge in [-0.15, -0.1) is 0 Å². The first-order valence-corrected chi connectivity index (χ1v) is 4.26. The van der Waals surface area contributed by atoms with Gasteiger partial charge in [-0.1, -0.05) is 6.92 Å². The van der Waals surface area contributed by atoms with E-state index in [9.17, 15) is 9.18 Å². The zero-order valence-electron chi connectivity index (χ0n) is 7.16. The van der Waals surface area contributed by atoms with Crippen molar-refractivity contribution in [2.24, 2.45) is 0 Å². The monoisotopic (exact) mass is 175 g/mol. The summed E-state index contributed by atoms with van der Waals surface area (Å²) in [5.41, 5.74) is 0. The van der Waals surface area contributed by atoms with E-state index < -0.39 is 18.2 Å². The van der Waals surface area contributed by atoms with E-state index in [0.717, 1.165) is 0 Å². The molecule has 0 aromatic rings. The quantitative estimate of drug-likeness (QED) is 0.692. The van der Waals surface area contributed by atoms with E-state index in [1.54, 1.807) is 4.90 Å². The molecule has 0 aromatic carbocycles. The van der Waals surface area contributed by atoms with Crippen LogP contribution in [-0.2, 0) is 4.79 Å². The van der Waals surface area contributed by atoms with Crippen LogP contribution in [0.1, 0.15) is 19.8 Å². The second-order valence-electron chi connectivity index (χ2n) is 3.14. The van der Waals surface area contributed by atoms with Crippen molar-refractivity contribution in [3.63, 3.8) is 0 Å². The fraction of sp³-hybridized carbons (Fsp3) is 0.875. The normalized spacial score (nSPS) is 27.3. The number of carboxylic acid groups (broad SMARTS) is 1. The van der Waals surface area contributed by atoms with Crippen molar-refractivity contribution < 1.29 is 14.3 Å². The molecule has 0 aliphatic carbocycles. The summed E-state index contributed by atoms with van der Waals surface area (Å²) in [5, 5.41) is 8.76. The van der Waals surface area contributed by atoms with E-state index in [4.69, 9.17) is 5.11 Å². The van der Waals surface area contributed by atoms with Crippen molar-refractivity contribution >= 4 is 5.97 Å². The zero-order chi connectivity index (χ0) is 9.14. The first-order chi connectivity index (χ1) is 5.65. The van der Waals surface area contributed by atoms with Gasteiger partial charge in [-0.3, -0.25) is 9.69 Å². The van der Waals surface area contributed by atoms with Crippen LogP contribution in [0.4, 0.5) is 4.39 Å². The highest BCUT2D eigenvalue weighted by Gasteiger charge is 2.30. The highest BCUT2D eigenvalue weighted by atomic mass is 19.1. The molecule has 0 amide bonds. The van der Waals surface area contributed by atoms with E-state index >= 15 is 0 Å². The number of hydrogen-bond acceptors (Lipinski definition) is 2. The van der Waals surface area contributed by atoms with Gasteiger partial charge in [-0.25, -0.2) is 4.39 Å². The maximum absolute atomic E-state index is 12.7. The van der Waals surface area contributed by atoms with E-state index in [1.807, 2.05) is 6.92 Å². The van der Waals surface area contributed by atoms with Gasteiger partial charge in [0, 0.05) is 13.1 Å². The number of halogens is 1. The number of hydrogen-bond donors (Lipinski definition) is 1. The molecule has 0 spiro atoms. The minimum absolute atomic E-state index is 0.283. The fourth-order valence-electron chi connectivity index (χ4n) is 1.62. The molecule has 0 radical (unpaired) electrons. The van der Waals surface area contributed by atoms with Gasteiger partial charge in [0.05, 0.1) is 0 Å². The Kier molecular flexibility index (Phi) is 3.03. The molecule has 1 aliphatic rings. The van der Waals surface area contributed by atoms with Gasteiger partial charge in [-0.05, 0) is 12.8 Å². The average Bonchev–Trinajstić information content (AvgIpc) is 2.37. The predicted octanol–water partition coefficient (Wildman–Crippen LogP) is 0.893. The lowest BCUT2D eigenvalue weighted by Gasteiger charge is -2.21. The zero-order valence-corrected chi connectivity index (χ0v) is 7.16. The fourth-order valence-corrected chi connectivity index (χ4v) is 1.62. The minimum Gasteiger partial charge on any atom is -0.480 e. The molecule has 0 unspecified atom stereocenters. The molecule has 3 nitrogen and oxygen atoms in total. The summed E-state index contributed by atoms with van der Waals surface area (Å²) >= 11 is 0. The molecule has 0 bridgehead atoms. The van der Waals surface area contributed by atoms with Crippen LogP contribution in [0, 0.1) is 0 Å². The molecule has 1 fully saturated rings. The summed E-state index contributed by atoms with van der Waals surface area (Å²) in [6.07, 6.45) is 0.185. The Morgan fingerprint density at radius 2 is 2.50 bits per heavy atom. The maximum atomic E-state index is 12.7. The lowest BCUT2D eigenvalue weighted by molar-refractivity contribution is -0.143. The van der Waals surface area contributed by atoms with Gasteiger partial charge in [0.15, 0.2) is 0 Å². The van der Waals surface area contributed by atoms with Crippen molar-refractivity contribution in [2.45, 2.75) is 32.0 Å². The van der Waals surface area contributed by atoms with Gasteiger partial charge in [0.2, 0.25) is 0 Å². The number of likely N-dealkylation sites (tertiary alicyclic amines) is 1. The van der Waals surface area contributed by atoms with Gasteiger partial charge in [0.25, 0.3) is 0 Å². The van der Waals surface area contributed by atoms with Crippen LogP contribution >= 0.6 is 0 Å². The summed E-state index contributed by atoms with van der Waals surface area (Å²) in [5.74, 6) is -0.841. The molecule has 70 valence electrons. The first kappa shape index (κ1) is 9.45. The minimum atomic E-state index is -0.841. The summed E-state index contributed by atoms with van der Waals surface area (Å²) in [7, 11) is 0. The third kappa shape index (κ3) is 1.94. The highest BCUT2D eigenvalue weighted by molar-refractivity contribution is 5.73. The molecule has 0 saturated carbocycles. The lowest BCUT2D eigenvalue weighted by Crippen LogP contribution is -2.39. The Morgan fingerprint density at radius 1 is 1.83 bits per heavy atom. The van der Waals surface area contributed by atoms with Crippen LogP contribution in [0.5, 0.6) is 0 Å². The second-order valence-corrected chi connectivity index (χ2v) is 3.14. The summed E-state index contributed by atoms with van der Waals surface area (Å²) in [6.45, 7) is 2.67. The van der Waals surface area contributed by atoms with Crippen LogP contribution in [-0.4, -0.2) is 41.3 Å². The van der Waals surface area contributed by atoms with E-state index in [0.29, 0.717) is 19.4 Å². The van der Waals surface area contributed by atoms with Crippen molar-refractivity contribution in [3.8, 4) is 0 Å². The molecule has 2 atom stereocenters. The van der Waals surface area contributed by atoms with E-state index in [1.165, 1.54) is 0 Å². The SMILES string of the molecule is CC[C@@H](C(=O)O)N1CC[C@H](F)C1. The Bertz CT molecular complexity index is 174. The molecule has 4 heteroatoms. The molecule has 12 heavy (non-hydrogen) atoms. The molecule has 0 aromatic heterocycles. The number of carbonyl (C=O) groups is 1. The highest BCUT2D eigenvalue weighted by Crippen LogP contribution is 2.16. The average molecular weight is 175 g/mol. The van der Waals surface area contributed by atoms with Crippen molar-refractivity contribution in [1.82, 2.24) is 4.90 Å². The molecule has 1 saturated heterocycles. The van der Waals surface area contributed by atoms with Crippen molar-refractivity contribution in [3.05, 3.63) is 0 Å². The van der Waals surface area contributed by atoms with E-state index in [2.05, 4.69) is 0 Å². The molecule has 1 rings (SSSR count). The van der Waals surface area contributed by atoms with Gasteiger partial charge in [0.1, 0.15) is 12.2 Å². The Labute approximate surface area is 71.2 Å². The van der Waals surface area contributed by atoms with Crippen LogP contribution in [0.15, 0.2) is 0 Å². The van der Waals surface area contributed by atoms with E-state index in [-0.39, 0.29) is 6.54 Å². The second kappa shape index (κ2) is 3.85. The van der Waals surface area contributed by atoms with Crippen LogP contribution in [0.2, 0.25) is 0 Å². The third-order valence-electron chi connectivity index (χ3n) is 2.27. The third-order valence-corrected chi connectivity index (χ3v) is 2.27. The Morgan fingerprint density at radius 3 is 2.83 bits per heavy atom. The number of rotatable bonds is 3. The number of aliphatic carboxylic acids is 1. The summed E-state index contributed by atoms with van der Waals surface area (Å²) in [6, 6.07) is -0.495. The number of alkyl halides is 1. The van der Waals surface area contributed by atoms with Gasteiger partial charge >= 0.3 is 5.97 Å². The topological polar surface area (TPSA) is 40.5 Å². The molecule has 1 heterocycles. The molecule has 1 aliphatic heterocycles. The maximum Gasteiger partial charge on any atom is 0.320 e. The van der Waals surface area contributed by atoms with Crippen molar-refractivity contribution in [1.29, 1.82) is 0 Å². The lowest BCUT2D eigenvalue weighted by atomic mass is 10.2. The van der Waals surface area contributed by atoms with Crippen LogP contribution in [0.25, 0.3) is 0 Å². The predicted molar refractivity (Wildman–Crippen MR) is 42.8 cm³/mol. The number of nitrogens with zero attached hydrogens (tertiary/aromatic N) is 1. The molecular weight excluding hydrogens is 161 g/mol. The molecule has 1 N–H and O–H groups in total. The van der Waals surface area contributed by atoms with Crippen LogP contribution in [0.3, 0.4) is 0 Å². The van der Waals surface area contributed by atoms with Crippen LogP contribution < -0.4 is 0 Å². The first-order valence-electron chi connectivity index (χ1n) is 4.26. The largest absolute Gasteiger partial charge is 0.480 e. The summed E-state index contributed by atoms with van der Waals surface area (Å²) < 4.78 is 12.7. The summed E-state index contributed by atoms with van der Waals surface area (Å²) in [4.78, 5) is 12.4. The smallest absolute Gasteiger partial charge is 0.320 e. The van der Waals surface area contributed by atoms with Crippen molar-refractivity contribution in [2.75, 3.05) is 13.1 Å². The van der Waals surface area contributed by atoms with Gasteiger partial charge < -0.3 is 5.11 Å². The Hall–Kier alpha value is -0.640. The van der Waals surface area contributed by atoms with Gasteiger partial charge in [-0.2, -0.15) is 0 Å².